The molecule has 1 fully saturated rings. The summed E-state index contributed by atoms with van der Waals surface area (Å²) in [5.41, 5.74) is 6.01. The summed E-state index contributed by atoms with van der Waals surface area (Å²) in [6.07, 6.45) is 2.85. The van der Waals surface area contributed by atoms with Crippen molar-refractivity contribution in [2.75, 3.05) is 19.6 Å². The average molecular weight is 411 g/mol. The molecule has 4 N–H and O–H groups in total. The molecule has 1 aromatic heterocycles. The van der Waals surface area contributed by atoms with E-state index < -0.39 is 4.92 Å². The lowest BCUT2D eigenvalue weighted by Gasteiger charge is -2.35. The fourth-order valence-corrected chi connectivity index (χ4v) is 3.35. The quantitative estimate of drug-likeness (QED) is 0.483. The van der Waals surface area contributed by atoms with Crippen molar-refractivity contribution in [1.82, 2.24) is 20.4 Å². The van der Waals surface area contributed by atoms with Crippen molar-refractivity contribution in [2.45, 2.75) is 31.7 Å². The van der Waals surface area contributed by atoms with Crippen LogP contribution < -0.4 is 11.1 Å². The predicted octanol–water partition coefficient (Wildman–Crippen LogP) is 1.35. The first kappa shape index (κ1) is 21.6. The number of rotatable bonds is 6. The molecule has 0 aliphatic carbocycles. The lowest BCUT2D eigenvalue weighted by Crippen LogP contribution is -2.49. The molecule has 1 unspecified atom stereocenters. The first-order chi connectivity index (χ1) is 13.0. The van der Waals surface area contributed by atoms with Crippen molar-refractivity contribution in [3.63, 3.8) is 0 Å². The van der Waals surface area contributed by atoms with Gasteiger partial charge in [0.05, 0.1) is 10.4 Å². The number of aromatic amines is 1. The highest BCUT2D eigenvalue weighted by molar-refractivity contribution is 6.05. The number of H-pyrrole nitrogens is 1. The number of nitro groups is 1. The van der Waals surface area contributed by atoms with E-state index in [0.29, 0.717) is 24.0 Å². The molecule has 3 rings (SSSR count). The maximum Gasteiger partial charge on any atom is 0.275 e. The summed E-state index contributed by atoms with van der Waals surface area (Å²) >= 11 is 0. The van der Waals surface area contributed by atoms with Crippen molar-refractivity contribution >= 4 is 40.8 Å². The highest BCUT2D eigenvalue weighted by Gasteiger charge is 2.30. The standard InChI is InChI=1S/C17H22N6O4.ClH/c18-7-6-15(24)19-10-12-3-1-2-8-22(12)17(25)16-13-9-11(23(26)27)4-5-14(13)20-21-16;/h4-5,9,12H,1-3,6-8,10,18H2,(H,19,24)(H,20,21);1H. The fraction of sp³-hybridized carbons (Fsp3) is 0.471. The Labute approximate surface area is 167 Å². The Balaban J connectivity index is 0.00000280. The molecule has 1 atom stereocenters. The highest BCUT2D eigenvalue weighted by Crippen LogP contribution is 2.25. The number of nitrogens with two attached hydrogens (primary N) is 1. The zero-order valence-corrected chi connectivity index (χ0v) is 16.0. The molecule has 2 amide bonds. The molecule has 11 heteroatoms. The molecule has 2 aromatic rings. The van der Waals surface area contributed by atoms with Gasteiger partial charge in [0.15, 0.2) is 5.69 Å². The summed E-state index contributed by atoms with van der Waals surface area (Å²) in [6, 6.07) is 4.12. The fourth-order valence-electron chi connectivity index (χ4n) is 3.35. The van der Waals surface area contributed by atoms with Crippen LogP contribution in [-0.4, -0.2) is 57.5 Å². The van der Waals surface area contributed by atoms with Crippen LogP contribution in [0.3, 0.4) is 0 Å². The van der Waals surface area contributed by atoms with Gasteiger partial charge in [-0.2, -0.15) is 5.10 Å². The summed E-state index contributed by atoms with van der Waals surface area (Å²) < 4.78 is 0. The van der Waals surface area contributed by atoms with Crippen molar-refractivity contribution in [2.24, 2.45) is 5.73 Å². The minimum absolute atomic E-state index is 0. The third-order valence-corrected chi connectivity index (χ3v) is 4.75. The Morgan fingerprint density at radius 3 is 2.89 bits per heavy atom. The topological polar surface area (TPSA) is 147 Å². The summed E-state index contributed by atoms with van der Waals surface area (Å²) in [4.78, 5) is 37.0. The molecule has 0 radical (unpaired) electrons. The Hall–Kier alpha value is -2.72. The molecular weight excluding hydrogens is 388 g/mol. The number of nitrogens with one attached hydrogen (secondary N) is 2. The van der Waals surface area contributed by atoms with E-state index >= 15 is 0 Å². The van der Waals surface area contributed by atoms with Gasteiger partial charge in [0.1, 0.15) is 0 Å². The van der Waals surface area contributed by atoms with Gasteiger partial charge in [-0.1, -0.05) is 0 Å². The third kappa shape index (κ3) is 4.57. The van der Waals surface area contributed by atoms with Gasteiger partial charge < -0.3 is 16.0 Å². The maximum absolute atomic E-state index is 13.1. The second-order valence-corrected chi connectivity index (χ2v) is 6.55. The van der Waals surface area contributed by atoms with E-state index in [1.807, 2.05) is 0 Å². The van der Waals surface area contributed by atoms with E-state index in [0.717, 1.165) is 19.3 Å². The van der Waals surface area contributed by atoms with Crippen LogP contribution in [0.1, 0.15) is 36.2 Å². The first-order valence-corrected chi connectivity index (χ1v) is 8.91. The second kappa shape index (κ2) is 9.47. The van der Waals surface area contributed by atoms with Gasteiger partial charge in [-0.05, 0) is 25.3 Å². The number of hydrogen-bond acceptors (Lipinski definition) is 6. The number of aromatic nitrogens is 2. The van der Waals surface area contributed by atoms with E-state index in [2.05, 4.69) is 15.5 Å². The zero-order chi connectivity index (χ0) is 19.4. The van der Waals surface area contributed by atoms with Crippen LogP contribution in [0.2, 0.25) is 0 Å². The van der Waals surface area contributed by atoms with E-state index in [1.54, 1.807) is 4.90 Å². The van der Waals surface area contributed by atoms with Crippen molar-refractivity contribution in [3.8, 4) is 0 Å². The number of nitrogens with zero attached hydrogens (tertiary/aromatic N) is 3. The smallest absolute Gasteiger partial charge is 0.275 e. The lowest BCUT2D eigenvalue weighted by molar-refractivity contribution is -0.384. The van der Waals surface area contributed by atoms with Gasteiger partial charge in [0.25, 0.3) is 11.6 Å². The van der Waals surface area contributed by atoms with E-state index in [9.17, 15) is 19.7 Å². The minimum Gasteiger partial charge on any atom is -0.354 e. The van der Waals surface area contributed by atoms with Crippen LogP contribution >= 0.6 is 12.4 Å². The Morgan fingerprint density at radius 2 is 2.18 bits per heavy atom. The Morgan fingerprint density at radius 1 is 1.39 bits per heavy atom. The first-order valence-electron chi connectivity index (χ1n) is 8.91. The van der Waals surface area contributed by atoms with Crippen molar-refractivity contribution in [3.05, 3.63) is 34.0 Å². The monoisotopic (exact) mass is 410 g/mol. The number of nitro benzene ring substituents is 1. The number of carbonyl (C=O) groups excluding carboxylic acids is 2. The molecule has 0 saturated carbocycles. The third-order valence-electron chi connectivity index (χ3n) is 4.75. The number of likely N-dealkylation sites (tertiary alicyclic amines) is 1. The molecule has 1 aliphatic rings. The molecular formula is C17H23ClN6O4. The molecule has 152 valence electrons. The van der Waals surface area contributed by atoms with Gasteiger partial charge >= 0.3 is 0 Å². The van der Waals surface area contributed by atoms with Crippen LogP contribution in [0.5, 0.6) is 0 Å². The molecule has 1 aliphatic heterocycles. The zero-order valence-electron chi connectivity index (χ0n) is 15.2. The van der Waals surface area contributed by atoms with Crippen LogP contribution in [0.4, 0.5) is 5.69 Å². The van der Waals surface area contributed by atoms with Crippen LogP contribution in [0.15, 0.2) is 18.2 Å². The molecule has 0 bridgehead atoms. The Bertz CT molecular complexity index is 870. The van der Waals surface area contributed by atoms with E-state index in [1.165, 1.54) is 18.2 Å². The van der Waals surface area contributed by atoms with Gasteiger partial charge in [0.2, 0.25) is 5.91 Å². The van der Waals surface area contributed by atoms with Crippen LogP contribution in [0, 0.1) is 10.1 Å². The molecule has 1 aromatic carbocycles. The number of piperidine rings is 1. The van der Waals surface area contributed by atoms with Crippen molar-refractivity contribution < 1.29 is 14.5 Å². The summed E-state index contributed by atoms with van der Waals surface area (Å²) in [6.45, 7) is 1.18. The number of halogens is 1. The highest BCUT2D eigenvalue weighted by atomic mass is 35.5. The average Bonchev–Trinajstić information content (AvgIpc) is 3.09. The number of carbonyl (C=O) groups is 2. The summed E-state index contributed by atoms with van der Waals surface area (Å²) in [5, 5.41) is 21.1. The molecule has 28 heavy (non-hydrogen) atoms. The second-order valence-electron chi connectivity index (χ2n) is 6.55. The van der Waals surface area contributed by atoms with Gasteiger partial charge in [-0.3, -0.25) is 24.8 Å². The predicted molar refractivity (Wildman–Crippen MR) is 105 cm³/mol. The number of fused-ring (bicyclic) bond motifs is 1. The molecule has 0 spiro atoms. The van der Waals surface area contributed by atoms with Gasteiger partial charge in [0, 0.05) is 49.6 Å². The van der Waals surface area contributed by atoms with E-state index in [-0.39, 0.29) is 54.6 Å². The number of benzene rings is 1. The molecule has 1 saturated heterocycles. The van der Waals surface area contributed by atoms with Crippen LogP contribution in [-0.2, 0) is 4.79 Å². The number of hydrogen-bond donors (Lipinski definition) is 3. The summed E-state index contributed by atoms with van der Waals surface area (Å²) in [5.74, 6) is -0.434. The van der Waals surface area contributed by atoms with Gasteiger partial charge in [-0.25, -0.2) is 0 Å². The SMILES string of the molecule is Cl.NCCC(=O)NCC1CCCCN1C(=O)c1n[nH]c2ccc([N+](=O)[O-])cc12. The van der Waals surface area contributed by atoms with E-state index in [4.69, 9.17) is 5.73 Å². The lowest BCUT2D eigenvalue weighted by atomic mass is 10.0. The van der Waals surface area contributed by atoms with Crippen LogP contribution in [0.25, 0.3) is 10.9 Å². The molecule has 2 heterocycles. The largest absolute Gasteiger partial charge is 0.354 e. The number of amides is 2. The minimum atomic E-state index is -0.503. The Kier molecular flexibility index (Phi) is 7.30. The van der Waals surface area contributed by atoms with Gasteiger partial charge in [-0.15, -0.1) is 12.4 Å². The van der Waals surface area contributed by atoms with Crippen molar-refractivity contribution in [1.29, 1.82) is 0 Å². The summed E-state index contributed by atoms with van der Waals surface area (Å²) in [7, 11) is 0. The number of non-ortho nitro benzene ring substituents is 1. The maximum atomic E-state index is 13.1. The molecule has 10 nitrogen and oxygen atoms in total. The normalized spacial score (nSPS) is 16.5.